The van der Waals surface area contributed by atoms with E-state index >= 15 is 0 Å². The van der Waals surface area contributed by atoms with Gasteiger partial charge in [0.25, 0.3) is 5.91 Å². The third-order valence-electron chi connectivity index (χ3n) is 6.01. The van der Waals surface area contributed by atoms with Gasteiger partial charge in [0.2, 0.25) is 0 Å². The first-order chi connectivity index (χ1) is 16.9. The molecule has 1 heterocycles. The van der Waals surface area contributed by atoms with Gasteiger partial charge in [-0.05, 0) is 54.8 Å². The van der Waals surface area contributed by atoms with Crippen LogP contribution in [-0.4, -0.2) is 36.0 Å². The topological polar surface area (TPSA) is 55.8 Å². The van der Waals surface area contributed by atoms with Crippen molar-refractivity contribution in [2.24, 2.45) is 0 Å². The fourth-order valence-corrected chi connectivity index (χ4v) is 4.69. The largest absolute Gasteiger partial charge is 0.465 e. The summed E-state index contributed by atoms with van der Waals surface area (Å²) in [7, 11) is 0. The molecule has 35 heavy (non-hydrogen) atoms. The summed E-state index contributed by atoms with van der Waals surface area (Å²) in [4.78, 5) is 27.9. The molecule has 4 rings (SSSR count). The van der Waals surface area contributed by atoms with Crippen LogP contribution in [0, 0.1) is 6.92 Å². The molecule has 0 bridgehead atoms. The first-order valence-electron chi connectivity index (χ1n) is 11.5. The number of benzene rings is 3. The number of morpholine rings is 1. The summed E-state index contributed by atoms with van der Waals surface area (Å²) in [6.45, 7) is 3.80. The van der Waals surface area contributed by atoms with Gasteiger partial charge < -0.3 is 14.4 Å². The minimum Gasteiger partial charge on any atom is -0.465 e. The van der Waals surface area contributed by atoms with Crippen LogP contribution in [-0.2, 0) is 25.5 Å². The summed E-state index contributed by atoms with van der Waals surface area (Å²) in [5.41, 5.74) is 3.74. The number of hydrogen-bond donors (Lipinski definition) is 0. The number of rotatable bonds is 7. The van der Waals surface area contributed by atoms with Crippen LogP contribution in [0.15, 0.2) is 72.8 Å². The molecule has 1 amide bonds. The molecule has 182 valence electrons. The second-order valence-corrected chi connectivity index (χ2v) is 9.43. The molecule has 1 saturated heterocycles. The maximum Gasteiger partial charge on any atom is 0.325 e. The summed E-state index contributed by atoms with van der Waals surface area (Å²) in [5, 5.41) is 1.18. The summed E-state index contributed by atoms with van der Waals surface area (Å²) in [5.74, 6) is -0.726. The van der Waals surface area contributed by atoms with Gasteiger partial charge in [-0.1, -0.05) is 77.3 Å². The average Bonchev–Trinajstić information content (AvgIpc) is 2.83. The van der Waals surface area contributed by atoms with Crippen LogP contribution in [0.5, 0.6) is 0 Å². The first kappa shape index (κ1) is 25.2. The lowest BCUT2D eigenvalue weighted by Gasteiger charge is -2.44. The van der Waals surface area contributed by atoms with Crippen molar-refractivity contribution in [3.63, 3.8) is 0 Å². The second-order valence-electron chi connectivity index (χ2n) is 8.56. The Bertz CT molecular complexity index is 1180. The molecule has 1 aliphatic rings. The second kappa shape index (κ2) is 11.3. The minimum absolute atomic E-state index is 0.183. The van der Waals surface area contributed by atoms with Crippen LogP contribution in [0.3, 0.4) is 0 Å². The van der Waals surface area contributed by atoms with Gasteiger partial charge in [-0.2, -0.15) is 0 Å². The highest BCUT2D eigenvalue weighted by molar-refractivity contribution is 6.30. The Kier molecular flexibility index (Phi) is 8.11. The molecule has 0 spiro atoms. The Labute approximate surface area is 215 Å². The molecule has 1 fully saturated rings. The van der Waals surface area contributed by atoms with Crippen LogP contribution in [0.25, 0.3) is 0 Å². The van der Waals surface area contributed by atoms with Crippen LogP contribution < -0.4 is 0 Å². The molecular weight excluding hydrogens is 485 g/mol. The Morgan fingerprint density at radius 1 is 0.971 bits per heavy atom. The lowest BCUT2D eigenvalue weighted by Crippen LogP contribution is -2.53. The predicted molar refractivity (Wildman–Crippen MR) is 136 cm³/mol. The van der Waals surface area contributed by atoms with Gasteiger partial charge in [0, 0.05) is 16.5 Å². The normalized spacial score (nSPS) is 20.1. The molecule has 0 saturated carbocycles. The van der Waals surface area contributed by atoms with Gasteiger partial charge in [0.05, 0.1) is 12.6 Å². The van der Waals surface area contributed by atoms with Crippen LogP contribution >= 0.6 is 23.2 Å². The van der Waals surface area contributed by atoms with Gasteiger partial charge in [0.1, 0.15) is 18.8 Å². The predicted octanol–water partition coefficient (Wildman–Crippen LogP) is 6.12. The van der Waals surface area contributed by atoms with E-state index < -0.39 is 24.2 Å². The zero-order chi connectivity index (χ0) is 24.9. The molecule has 3 aromatic carbocycles. The molecule has 0 radical (unpaired) electrons. The van der Waals surface area contributed by atoms with Crippen molar-refractivity contribution >= 4 is 35.1 Å². The van der Waals surface area contributed by atoms with Crippen LogP contribution in [0.4, 0.5) is 0 Å². The number of esters is 1. The smallest absolute Gasteiger partial charge is 0.325 e. The minimum atomic E-state index is -0.768. The Hall–Kier alpha value is -2.86. The van der Waals surface area contributed by atoms with Crippen molar-refractivity contribution in [2.45, 2.75) is 38.5 Å². The van der Waals surface area contributed by atoms with E-state index in [-0.39, 0.29) is 19.1 Å². The number of nitrogens with zero attached hydrogens (tertiary/aromatic N) is 1. The van der Waals surface area contributed by atoms with Gasteiger partial charge in [-0.15, -0.1) is 0 Å². The fraction of sp³-hybridized carbons (Fsp3) is 0.286. The monoisotopic (exact) mass is 511 g/mol. The van der Waals surface area contributed by atoms with Gasteiger partial charge >= 0.3 is 5.97 Å². The van der Waals surface area contributed by atoms with Gasteiger partial charge in [0.15, 0.2) is 0 Å². The van der Waals surface area contributed by atoms with Crippen molar-refractivity contribution < 1.29 is 19.1 Å². The van der Waals surface area contributed by atoms with E-state index in [1.54, 1.807) is 36.1 Å². The molecule has 0 N–H and O–H groups in total. The van der Waals surface area contributed by atoms with E-state index in [4.69, 9.17) is 32.7 Å². The number of halogens is 2. The summed E-state index contributed by atoms with van der Waals surface area (Å²) in [6, 6.07) is 22.0. The van der Waals surface area contributed by atoms with Crippen molar-refractivity contribution in [1.29, 1.82) is 0 Å². The van der Waals surface area contributed by atoms with E-state index in [0.717, 1.165) is 22.3 Å². The first-order valence-corrected chi connectivity index (χ1v) is 12.3. The van der Waals surface area contributed by atoms with E-state index in [0.29, 0.717) is 16.5 Å². The summed E-state index contributed by atoms with van der Waals surface area (Å²) < 4.78 is 11.7. The highest BCUT2D eigenvalue weighted by Crippen LogP contribution is 2.43. The molecule has 1 aliphatic heterocycles. The highest BCUT2D eigenvalue weighted by Gasteiger charge is 2.44. The quantitative estimate of drug-likeness (QED) is 0.358. The van der Waals surface area contributed by atoms with E-state index in [1.165, 1.54) is 0 Å². The van der Waals surface area contributed by atoms with E-state index in [1.807, 2.05) is 55.5 Å². The van der Waals surface area contributed by atoms with Crippen molar-refractivity contribution in [3.8, 4) is 0 Å². The zero-order valence-electron chi connectivity index (χ0n) is 19.6. The number of amides is 1. The lowest BCUT2D eigenvalue weighted by molar-refractivity contribution is -0.178. The highest BCUT2D eigenvalue weighted by atomic mass is 35.5. The third-order valence-corrected chi connectivity index (χ3v) is 6.51. The molecule has 3 aromatic rings. The zero-order valence-corrected chi connectivity index (χ0v) is 21.1. The summed E-state index contributed by atoms with van der Waals surface area (Å²) >= 11 is 12.3. The third kappa shape index (κ3) is 6.04. The number of hydrogen-bond acceptors (Lipinski definition) is 4. The molecule has 2 unspecified atom stereocenters. The van der Waals surface area contributed by atoms with Crippen molar-refractivity contribution in [3.05, 3.63) is 105 Å². The average molecular weight is 512 g/mol. The number of aryl methyl sites for hydroxylation is 1. The van der Waals surface area contributed by atoms with Crippen molar-refractivity contribution in [2.75, 3.05) is 13.2 Å². The van der Waals surface area contributed by atoms with Gasteiger partial charge in [-0.25, -0.2) is 0 Å². The molecule has 0 aromatic heterocycles. The summed E-state index contributed by atoms with van der Waals surface area (Å²) in [6.07, 6.45) is -0.914. The van der Waals surface area contributed by atoms with Crippen molar-refractivity contribution in [1.82, 2.24) is 4.90 Å². The number of ether oxygens (including phenoxy) is 2. The van der Waals surface area contributed by atoms with Crippen LogP contribution in [0.1, 0.15) is 41.3 Å². The lowest BCUT2D eigenvalue weighted by atomic mass is 9.90. The molecular formula is C28H27Cl2NO4. The maximum atomic E-state index is 13.8. The van der Waals surface area contributed by atoms with E-state index in [2.05, 4.69) is 0 Å². The van der Waals surface area contributed by atoms with Crippen LogP contribution in [0.2, 0.25) is 10.0 Å². The molecule has 7 heteroatoms. The molecule has 3 atom stereocenters. The molecule has 0 aliphatic carbocycles. The Morgan fingerprint density at radius 2 is 1.60 bits per heavy atom. The SMILES string of the molecule is CCOC(=O)CN1C(=O)[C@H](Cc2cccc(C)c2)OC(c2ccc(Cl)cc2)C1c1ccc(Cl)cc1. The standard InChI is InChI=1S/C28H27Cl2NO4/c1-3-34-25(32)17-31-26(20-7-11-22(29)12-8-20)27(21-9-13-23(30)14-10-21)35-24(28(31)33)16-19-6-4-5-18(2)15-19/h4-15,24,26-27H,3,16-17H2,1-2H3/t24-,26?,27?/m0/s1. The Balaban J connectivity index is 1.78. The number of carbonyl (C=O) groups is 2. The molecule has 5 nitrogen and oxygen atoms in total. The van der Waals surface area contributed by atoms with E-state index in [9.17, 15) is 9.59 Å². The number of carbonyl (C=O) groups excluding carboxylic acids is 2. The maximum absolute atomic E-state index is 13.8. The fourth-order valence-electron chi connectivity index (χ4n) is 4.43. The van der Waals surface area contributed by atoms with Gasteiger partial charge in [-0.3, -0.25) is 9.59 Å². The Morgan fingerprint density at radius 3 is 2.20 bits per heavy atom.